The van der Waals surface area contributed by atoms with Crippen molar-refractivity contribution >= 4 is 11.9 Å². The summed E-state index contributed by atoms with van der Waals surface area (Å²) in [6.07, 6.45) is 7.06. The van der Waals surface area contributed by atoms with Gasteiger partial charge < -0.3 is 10.4 Å². The van der Waals surface area contributed by atoms with Gasteiger partial charge in [0.15, 0.2) is 0 Å². The van der Waals surface area contributed by atoms with E-state index in [2.05, 4.69) is 12.2 Å². The number of aliphatic carboxylic acids is 1. The van der Waals surface area contributed by atoms with Gasteiger partial charge in [0, 0.05) is 5.92 Å². The number of carbonyl (C=O) groups excluding carboxylic acids is 1. The van der Waals surface area contributed by atoms with Gasteiger partial charge in [0.05, 0.1) is 0 Å². The van der Waals surface area contributed by atoms with Crippen molar-refractivity contribution in [2.75, 3.05) is 0 Å². The van der Waals surface area contributed by atoms with Crippen LogP contribution in [0.2, 0.25) is 0 Å². The second-order valence-electron chi connectivity index (χ2n) is 6.16. The maximum absolute atomic E-state index is 12.4. The van der Waals surface area contributed by atoms with E-state index in [-0.39, 0.29) is 17.7 Å². The van der Waals surface area contributed by atoms with Gasteiger partial charge in [0.25, 0.3) is 0 Å². The Balaban J connectivity index is 2.79. The molecule has 0 bridgehead atoms. The molecular weight excluding hydrogens is 254 g/mol. The fourth-order valence-electron chi connectivity index (χ4n) is 3.20. The standard InChI is InChI=1S/C16H29NO3/c1-4-6-10-13(5-2)14(18)17-16(15(19)20)11-8-7-9-12(16)3/h12-13H,4-11H2,1-3H3,(H,17,18)(H,19,20). The van der Waals surface area contributed by atoms with Gasteiger partial charge in [-0.1, -0.05) is 46.5 Å². The van der Waals surface area contributed by atoms with Gasteiger partial charge in [-0.15, -0.1) is 0 Å². The Bertz CT molecular complexity index is 343. The van der Waals surface area contributed by atoms with Crippen molar-refractivity contribution < 1.29 is 14.7 Å². The molecule has 2 N–H and O–H groups in total. The van der Waals surface area contributed by atoms with E-state index in [1.165, 1.54) is 0 Å². The molecule has 3 atom stereocenters. The SMILES string of the molecule is CCCCC(CC)C(=O)NC1(C(=O)O)CCCCC1C. The van der Waals surface area contributed by atoms with Crippen LogP contribution < -0.4 is 5.32 Å². The van der Waals surface area contributed by atoms with Crippen molar-refractivity contribution in [2.45, 2.75) is 77.7 Å². The number of unbranched alkanes of at least 4 members (excludes halogenated alkanes) is 1. The Labute approximate surface area is 122 Å². The summed E-state index contributed by atoms with van der Waals surface area (Å²) in [5, 5.41) is 12.5. The van der Waals surface area contributed by atoms with E-state index in [1.54, 1.807) is 0 Å². The summed E-state index contributed by atoms with van der Waals surface area (Å²) in [5.74, 6) is -0.998. The van der Waals surface area contributed by atoms with Crippen molar-refractivity contribution in [1.82, 2.24) is 5.32 Å². The summed E-state index contributed by atoms with van der Waals surface area (Å²) in [7, 11) is 0. The second-order valence-corrected chi connectivity index (χ2v) is 6.16. The number of hydrogen-bond donors (Lipinski definition) is 2. The van der Waals surface area contributed by atoms with Crippen LogP contribution in [0.4, 0.5) is 0 Å². The highest BCUT2D eigenvalue weighted by Crippen LogP contribution is 2.34. The predicted octanol–water partition coefficient (Wildman–Crippen LogP) is 3.35. The Hall–Kier alpha value is -1.06. The molecule has 0 aromatic carbocycles. The second kappa shape index (κ2) is 7.65. The molecule has 0 radical (unpaired) electrons. The molecule has 0 spiro atoms. The highest BCUT2D eigenvalue weighted by molar-refractivity contribution is 5.88. The summed E-state index contributed by atoms with van der Waals surface area (Å²) < 4.78 is 0. The topological polar surface area (TPSA) is 66.4 Å². The van der Waals surface area contributed by atoms with Crippen LogP contribution in [0.15, 0.2) is 0 Å². The minimum absolute atomic E-state index is 0.00128. The summed E-state index contributed by atoms with van der Waals surface area (Å²) in [6, 6.07) is 0. The third-order valence-corrected chi connectivity index (χ3v) is 4.80. The van der Waals surface area contributed by atoms with E-state index in [9.17, 15) is 14.7 Å². The fourth-order valence-corrected chi connectivity index (χ4v) is 3.20. The van der Waals surface area contributed by atoms with E-state index in [1.807, 2.05) is 13.8 Å². The number of amides is 1. The average Bonchev–Trinajstić information content (AvgIpc) is 2.42. The third kappa shape index (κ3) is 3.74. The van der Waals surface area contributed by atoms with Crippen molar-refractivity contribution in [1.29, 1.82) is 0 Å². The number of nitrogens with one attached hydrogen (secondary N) is 1. The van der Waals surface area contributed by atoms with Gasteiger partial charge in [-0.25, -0.2) is 4.79 Å². The maximum atomic E-state index is 12.4. The van der Waals surface area contributed by atoms with Crippen LogP contribution in [0.3, 0.4) is 0 Å². The van der Waals surface area contributed by atoms with E-state index >= 15 is 0 Å². The highest BCUT2D eigenvalue weighted by Gasteiger charge is 2.46. The lowest BCUT2D eigenvalue weighted by Gasteiger charge is -2.40. The number of carboxylic acids is 1. The molecule has 0 saturated heterocycles. The van der Waals surface area contributed by atoms with Gasteiger partial charge >= 0.3 is 5.97 Å². The van der Waals surface area contributed by atoms with Gasteiger partial charge in [-0.05, 0) is 31.6 Å². The van der Waals surface area contributed by atoms with E-state index in [0.29, 0.717) is 6.42 Å². The molecule has 0 aromatic heterocycles. The smallest absolute Gasteiger partial charge is 0.329 e. The first-order chi connectivity index (χ1) is 9.47. The van der Waals surface area contributed by atoms with Crippen molar-refractivity contribution in [3.63, 3.8) is 0 Å². The Morgan fingerprint density at radius 1 is 1.35 bits per heavy atom. The van der Waals surface area contributed by atoms with Crippen LogP contribution in [-0.4, -0.2) is 22.5 Å². The van der Waals surface area contributed by atoms with Gasteiger partial charge in [0.2, 0.25) is 5.91 Å². The summed E-state index contributed by atoms with van der Waals surface area (Å²) in [5.41, 5.74) is -1.05. The molecule has 4 nitrogen and oxygen atoms in total. The lowest BCUT2D eigenvalue weighted by molar-refractivity contribution is -0.152. The van der Waals surface area contributed by atoms with Gasteiger partial charge in [-0.2, -0.15) is 0 Å². The first kappa shape index (κ1) is 17.0. The molecule has 4 heteroatoms. The Morgan fingerprint density at radius 3 is 2.55 bits per heavy atom. The van der Waals surface area contributed by atoms with Crippen molar-refractivity contribution in [3.8, 4) is 0 Å². The Kier molecular flexibility index (Phi) is 6.50. The van der Waals surface area contributed by atoms with Gasteiger partial charge in [0.1, 0.15) is 5.54 Å². The largest absolute Gasteiger partial charge is 0.479 e. The van der Waals surface area contributed by atoms with Crippen LogP contribution in [0.5, 0.6) is 0 Å². The highest BCUT2D eigenvalue weighted by atomic mass is 16.4. The van der Waals surface area contributed by atoms with Crippen LogP contribution >= 0.6 is 0 Å². The normalized spacial score (nSPS) is 27.9. The zero-order valence-corrected chi connectivity index (χ0v) is 13.1. The molecular formula is C16H29NO3. The summed E-state index contributed by atoms with van der Waals surface area (Å²) in [6.45, 7) is 6.05. The van der Waals surface area contributed by atoms with E-state index in [0.717, 1.165) is 44.9 Å². The molecule has 3 unspecified atom stereocenters. The molecule has 1 saturated carbocycles. The van der Waals surface area contributed by atoms with Crippen LogP contribution in [0, 0.1) is 11.8 Å². The van der Waals surface area contributed by atoms with Gasteiger partial charge in [-0.3, -0.25) is 4.79 Å². The Morgan fingerprint density at radius 2 is 2.05 bits per heavy atom. The minimum Gasteiger partial charge on any atom is -0.479 e. The molecule has 20 heavy (non-hydrogen) atoms. The van der Waals surface area contributed by atoms with Crippen LogP contribution in [-0.2, 0) is 9.59 Å². The zero-order chi connectivity index (χ0) is 15.2. The lowest BCUT2D eigenvalue weighted by Crippen LogP contribution is -2.61. The number of hydrogen-bond acceptors (Lipinski definition) is 2. The first-order valence-corrected chi connectivity index (χ1v) is 8.03. The molecule has 0 heterocycles. The number of carboxylic acid groups (broad SMARTS) is 1. The molecule has 1 rings (SSSR count). The fraction of sp³-hybridized carbons (Fsp3) is 0.875. The van der Waals surface area contributed by atoms with Crippen LogP contribution in [0.25, 0.3) is 0 Å². The van der Waals surface area contributed by atoms with E-state index < -0.39 is 11.5 Å². The average molecular weight is 283 g/mol. The molecule has 1 amide bonds. The lowest BCUT2D eigenvalue weighted by atomic mass is 9.73. The molecule has 1 aliphatic rings. The maximum Gasteiger partial charge on any atom is 0.329 e. The summed E-state index contributed by atoms with van der Waals surface area (Å²) in [4.78, 5) is 24.2. The zero-order valence-electron chi connectivity index (χ0n) is 13.1. The number of rotatable bonds is 7. The minimum atomic E-state index is -1.05. The predicted molar refractivity (Wildman–Crippen MR) is 79.4 cm³/mol. The van der Waals surface area contributed by atoms with Crippen molar-refractivity contribution in [3.05, 3.63) is 0 Å². The molecule has 1 fully saturated rings. The molecule has 0 aliphatic heterocycles. The number of carbonyl (C=O) groups is 2. The van der Waals surface area contributed by atoms with Crippen LogP contribution in [0.1, 0.15) is 72.1 Å². The molecule has 0 aromatic rings. The van der Waals surface area contributed by atoms with E-state index in [4.69, 9.17) is 0 Å². The molecule has 116 valence electrons. The molecule has 1 aliphatic carbocycles. The monoisotopic (exact) mass is 283 g/mol. The first-order valence-electron chi connectivity index (χ1n) is 8.03. The quantitative estimate of drug-likeness (QED) is 0.753. The third-order valence-electron chi connectivity index (χ3n) is 4.80. The summed E-state index contributed by atoms with van der Waals surface area (Å²) >= 11 is 0. The van der Waals surface area contributed by atoms with Crippen molar-refractivity contribution in [2.24, 2.45) is 11.8 Å².